The second kappa shape index (κ2) is 5.23. The number of halogens is 1. The van der Waals surface area contributed by atoms with Crippen LogP contribution in [-0.2, 0) is 0 Å². The van der Waals surface area contributed by atoms with Gasteiger partial charge in [-0.1, -0.05) is 22.0 Å². The van der Waals surface area contributed by atoms with E-state index in [0.717, 1.165) is 15.8 Å². The van der Waals surface area contributed by atoms with Crippen molar-refractivity contribution in [2.45, 2.75) is 0 Å². The van der Waals surface area contributed by atoms with E-state index in [9.17, 15) is 4.79 Å². The summed E-state index contributed by atoms with van der Waals surface area (Å²) >= 11 is 3.43. The van der Waals surface area contributed by atoms with Gasteiger partial charge in [0.25, 0.3) is 0 Å². The highest BCUT2D eigenvalue weighted by molar-refractivity contribution is 9.10. The maximum absolute atomic E-state index is 10.8. The van der Waals surface area contributed by atoms with E-state index in [1.54, 1.807) is 24.3 Å². The van der Waals surface area contributed by atoms with Crippen molar-refractivity contribution in [3.05, 3.63) is 58.6 Å². The van der Waals surface area contributed by atoms with Gasteiger partial charge < -0.3 is 10.0 Å². The number of rotatable bonds is 3. The van der Waals surface area contributed by atoms with Gasteiger partial charge in [0.2, 0.25) is 0 Å². The van der Waals surface area contributed by atoms with Gasteiger partial charge >= 0.3 is 5.97 Å². The van der Waals surface area contributed by atoms with Crippen LogP contribution in [0.2, 0.25) is 0 Å². The van der Waals surface area contributed by atoms with Gasteiger partial charge in [-0.05, 0) is 42.5 Å². The third kappa shape index (κ3) is 2.71. The summed E-state index contributed by atoms with van der Waals surface area (Å²) in [6.45, 7) is 0. The fraction of sp³-hybridized carbons (Fsp3) is 0.0714. The molecule has 4 heteroatoms. The van der Waals surface area contributed by atoms with Crippen LogP contribution in [0.1, 0.15) is 10.4 Å². The predicted octanol–water partition coefficient (Wildman–Crippen LogP) is 3.92. The number of anilines is 2. The zero-order valence-electron chi connectivity index (χ0n) is 9.80. The molecule has 0 heterocycles. The summed E-state index contributed by atoms with van der Waals surface area (Å²) in [6, 6.07) is 14.7. The van der Waals surface area contributed by atoms with Crippen molar-refractivity contribution in [2.24, 2.45) is 0 Å². The minimum atomic E-state index is -0.911. The first-order valence-corrected chi connectivity index (χ1v) is 6.20. The summed E-state index contributed by atoms with van der Waals surface area (Å²) in [5, 5.41) is 8.85. The Labute approximate surface area is 114 Å². The van der Waals surface area contributed by atoms with Crippen LogP contribution in [0.3, 0.4) is 0 Å². The Morgan fingerprint density at radius 3 is 2.33 bits per heavy atom. The highest BCUT2D eigenvalue weighted by Gasteiger charge is 2.06. The van der Waals surface area contributed by atoms with Crippen molar-refractivity contribution in [3.63, 3.8) is 0 Å². The molecular formula is C14H12BrNO2. The van der Waals surface area contributed by atoms with E-state index in [0.29, 0.717) is 5.56 Å². The molecule has 18 heavy (non-hydrogen) atoms. The summed E-state index contributed by atoms with van der Waals surface area (Å²) in [5.41, 5.74) is 2.27. The number of benzene rings is 2. The predicted molar refractivity (Wildman–Crippen MR) is 75.6 cm³/mol. The van der Waals surface area contributed by atoms with Gasteiger partial charge in [0, 0.05) is 22.9 Å². The van der Waals surface area contributed by atoms with Crippen LogP contribution in [0.25, 0.3) is 0 Å². The van der Waals surface area contributed by atoms with Crippen molar-refractivity contribution in [1.29, 1.82) is 0 Å². The zero-order chi connectivity index (χ0) is 13.1. The lowest BCUT2D eigenvalue weighted by Gasteiger charge is -2.19. The van der Waals surface area contributed by atoms with Crippen molar-refractivity contribution in [2.75, 3.05) is 11.9 Å². The lowest BCUT2D eigenvalue weighted by atomic mass is 10.2. The van der Waals surface area contributed by atoms with E-state index < -0.39 is 5.97 Å². The number of hydrogen-bond acceptors (Lipinski definition) is 2. The van der Waals surface area contributed by atoms with Crippen LogP contribution in [0, 0.1) is 0 Å². The molecule has 0 aliphatic rings. The molecule has 0 unspecified atom stereocenters. The first-order chi connectivity index (χ1) is 8.58. The van der Waals surface area contributed by atoms with E-state index in [1.807, 2.05) is 36.2 Å². The van der Waals surface area contributed by atoms with Crippen molar-refractivity contribution >= 4 is 33.3 Å². The average Bonchev–Trinajstić information content (AvgIpc) is 2.38. The van der Waals surface area contributed by atoms with E-state index in [4.69, 9.17) is 5.11 Å². The Kier molecular flexibility index (Phi) is 3.67. The molecule has 0 saturated carbocycles. The fourth-order valence-electron chi connectivity index (χ4n) is 1.66. The fourth-order valence-corrected chi connectivity index (χ4v) is 2.05. The molecule has 92 valence electrons. The second-order valence-electron chi connectivity index (χ2n) is 3.89. The minimum absolute atomic E-state index is 0.293. The summed E-state index contributed by atoms with van der Waals surface area (Å²) in [7, 11) is 1.94. The molecule has 0 aromatic heterocycles. The smallest absolute Gasteiger partial charge is 0.335 e. The van der Waals surface area contributed by atoms with Crippen LogP contribution in [-0.4, -0.2) is 18.1 Å². The van der Waals surface area contributed by atoms with Crippen LogP contribution >= 0.6 is 15.9 Å². The monoisotopic (exact) mass is 305 g/mol. The van der Waals surface area contributed by atoms with Gasteiger partial charge in [-0.15, -0.1) is 0 Å². The van der Waals surface area contributed by atoms with Gasteiger partial charge in [0.15, 0.2) is 0 Å². The van der Waals surface area contributed by atoms with Crippen LogP contribution in [0.5, 0.6) is 0 Å². The Balaban J connectivity index is 2.28. The number of nitrogens with zero attached hydrogens (tertiary/aromatic N) is 1. The molecule has 0 aliphatic heterocycles. The van der Waals surface area contributed by atoms with E-state index in [2.05, 4.69) is 15.9 Å². The lowest BCUT2D eigenvalue weighted by molar-refractivity contribution is 0.0697. The first kappa shape index (κ1) is 12.6. The number of carboxylic acids is 1. The molecule has 0 radical (unpaired) electrons. The minimum Gasteiger partial charge on any atom is -0.478 e. The Morgan fingerprint density at radius 2 is 1.78 bits per heavy atom. The first-order valence-electron chi connectivity index (χ1n) is 5.40. The van der Waals surface area contributed by atoms with Gasteiger partial charge in [-0.2, -0.15) is 0 Å². The second-order valence-corrected chi connectivity index (χ2v) is 4.81. The SMILES string of the molecule is CN(c1ccc(C(=O)O)cc1)c1cccc(Br)c1. The number of aromatic carboxylic acids is 1. The number of carbonyl (C=O) groups is 1. The summed E-state index contributed by atoms with van der Waals surface area (Å²) in [5.74, 6) is -0.911. The Bertz CT molecular complexity index is 566. The molecular weight excluding hydrogens is 294 g/mol. The molecule has 0 bridgehead atoms. The molecule has 0 saturated heterocycles. The quantitative estimate of drug-likeness (QED) is 0.934. The number of carboxylic acid groups (broad SMARTS) is 1. The van der Waals surface area contributed by atoms with Gasteiger partial charge in [0.05, 0.1) is 5.56 Å². The molecule has 0 atom stereocenters. The lowest BCUT2D eigenvalue weighted by Crippen LogP contribution is -2.09. The molecule has 0 aliphatic carbocycles. The van der Waals surface area contributed by atoms with E-state index in [-0.39, 0.29) is 0 Å². The summed E-state index contributed by atoms with van der Waals surface area (Å²) in [4.78, 5) is 12.8. The van der Waals surface area contributed by atoms with Crippen molar-refractivity contribution in [3.8, 4) is 0 Å². The standard InChI is InChI=1S/C14H12BrNO2/c1-16(13-4-2-3-11(15)9-13)12-7-5-10(6-8-12)14(17)18/h2-9H,1H3,(H,17,18). The van der Waals surface area contributed by atoms with Gasteiger partial charge in [0.1, 0.15) is 0 Å². The summed E-state index contributed by atoms with van der Waals surface area (Å²) < 4.78 is 1.01. The maximum Gasteiger partial charge on any atom is 0.335 e. The van der Waals surface area contributed by atoms with Crippen molar-refractivity contribution < 1.29 is 9.90 Å². The van der Waals surface area contributed by atoms with E-state index in [1.165, 1.54) is 0 Å². The van der Waals surface area contributed by atoms with Crippen LogP contribution in [0.4, 0.5) is 11.4 Å². The number of hydrogen-bond donors (Lipinski definition) is 1. The molecule has 2 aromatic rings. The highest BCUT2D eigenvalue weighted by atomic mass is 79.9. The van der Waals surface area contributed by atoms with Crippen molar-refractivity contribution in [1.82, 2.24) is 0 Å². The zero-order valence-corrected chi connectivity index (χ0v) is 11.4. The van der Waals surface area contributed by atoms with Gasteiger partial charge in [-0.3, -0.25) is 0 Å². The largest absolute Gasteiger partial charge is 0.478 e. The normalized spacial score (nSPS) is 10.1. The molecule has 0 fully saturated rings. The highest BCUT2D eigenvalue weighted by Crippen LogP contribution is 2.26. The average molecular weight is 306 g/mol. The molecule has 0 amide bonds. The Hall–Kier alpha value is -1.81. The third-order valence-electron chi connectivity index (χ3n) is 2.70. The Morgan fingerprint density at radius 1 is 1.11 bits per heavy atom. The summed E-state index contributed by atoms with van der Waals surface area (Å²) in [6.07, 6.45) is 0. The molecule has 1 N–H and O–H groups in total. The third-order valence-corrected chi connectivity index (χ3v) is 3.19. The molecule has 0 spiro atoms. The topological polar surface area (TPSA) is 40.5 Å². The molecule has 3 nitrogen and oxygen atoms in total. The molecule has 2 rings (SSSR count). The molecule has 2 aromatic carbocycles. The van der Waals surface area contributed by atoms with Crippen LogP contribution in [0.15, 0.2) is 53.0 Å². The maximum atomic E-state index is 10.8. The van der Waals surface area contributed by atoms with E-state index >= 15 is 0 Å². The van der Waals surface area contributed by atoms with Gasteiger partial charge in [-0.25, -0.2) is 4.79 Å². The van der Waals surface area contributed by atoms with Crippen LogP contribution < -0.4 is 4.90 Å².